The van der Waals surface area contributed by atoms with Crippen LogP contribution in [0.2, 0.25) is 0 Å². The number of aromatic nitrogens is 2. The molecular weight excluding hydrogens is 202 g/mol. The van der Waals surface area contributed by atoms with E-state index in [1.165, 1.54) is 0 Å². The first-order valence-corrected chi connectivity index (χ1v) is 6.40. The van der Waals surface area contributed by atoms with Gasteiger partial charge < -0.3 is 5.73 Å². The summed E-state index contributed by atoms with van der Waals surface area (Å²) in [5.41, 5.74) is 7.39. The maximum atomic E-state index is 11.4. The Kier molecular flexibility index (Phi) is 2.02. The molecule has 0 bridgehead atoms. The minimum Gasteiger partial charge on any atom is -0.382 e. The van der Waals surface area contributed by atoms with E-state index in [2.05, 4.69) is 5.10 Å². The number of nitrogens with zero attached hydrogens (tertiary/aromatic N) is 2. The fourth-order valence-corrected chi connectivity index (χ4v) is 3.19. The molecule has 0 unspecified atom stereocenters. The number of nitrogens with two attached hydrogens (primary N) is 1. The van der Waals surface area contributed by atoms with Gasteiger partial charge in [-0.25, -0.2) is 8.42 Å². The summed E-state index contributed by atoms with van der Waals surface area (Å²) in [5, 5.41) is 4.11. The average Bonchev–Trinajstić information content (AvgIpc) is 2.40. The van der Waals surface area contributed by atoms with Crippen molar-refractivity contribution in [3.05, 3.63) is 11.3 Å². The van der Waals surface area contributed by atoms with Gasteiger partial charge in [-0.2, -0.15) is 5.10 Å². The van der Waals surface area contributed by atoms with Crippen molar-refractivity contribution in [3.8, 4) is 0 Å². The van der Waals surface area contributed by atoms with Crippen LogP contribution >= 0.6 is 0 Å². The summed E-state index contributed by atoms with van der Waals surface area (Å²) in [5.74, 6) is 0.761. The maximum Gasteiger partial charge on any atom is 0.156 e. The van der Waals surface area contributed by atoms with Gasteiger partial charge in [0.25, 0.3) is 0 Å². The Labute approximate surface area is 82.8 Å². The van der Waals surface area contributed by atoms with Gasteiger partial charge in [0.15, 0.2) is 9.84 Å². The van der Waals surface area contributed by atoms with Gasteiger partial charge in [-0.15, -0.1) is 0 Å². The van der Waals surface area contributed by atoms with Crippen LogP contribution in [0.15, 0.2) is 0 Å². The van der Waals surface area contributed by atoms with E-state index in [-0.39, 0.29) is 11.5 Å². The lowest BCUT2D eigenvalue weighted by atomic mass is 10.2. The predicted molar refractivity (Wildman–Crippen MR) is 53.5 cm³/mol. The molecule has 0 saturated carbocycles. The van der Waals surface area contributed by atoms with Crippen molar-refractivity contribution < 1.29 is 8.42 Å². The minimum atomic E-state index is -2.93. The minimum absolute atomic E-state index is 0.0837. The van der Waals surface area contributed by atoms with Gasteiger partial charge in [0.2, 0.25) is 0 Å². The van der Waals surface area contributed by atoms with Crippen molar-refractivity contribution in [3.63, 3.8) is 0 Å². The molecule has 78 valence electrons. The molecule has 0 saturated heterocycles. The van der Waals surface area contributed by atoms with Crippen molar-refractivity contribution in [2.45, 2.75) is 25.6 Å². The lowest BCUT2D eigenvalue weighted by Crippen LogP contribution is -2.21. The first-order valence-electron chi connectivity index (χ1n) is 4.58. The standard InChI is InChI=1S/C8H13N3O2S/c1-2-11-7-5-14(12,13)4-3-6(7)8(9)10-11/h2-5H2,1H3,(H2,9,10). The molecule has 0 aromatic carbocycles. The van der Waals surface area contributed by atoms with Gasteiger partial charge in [-0.1, -0.05) is 0 Å². The summed E-state index contributed by atoms with van der Waals surface area (Å²) in [4.78, 5) is 0. The van der Waals surface area contributed by atoms with Gasteiger partial charge >= 0.3 is 0 Å². The Balaban J connectivity index is 2.54. The van der Waals surface area contributed by atoms with E-state index in [0.29, 0.717) is 18.8 Å². The van der Waals surface area contributed by atoms with Crippen molar-refractivity contribution in [2.24, 2.45) is 0 Å². The fourth-order valence-electron chi connectivity index (χ4n) is 1.79. The molecule has 6 heteroatoms. The van der Waals surface area contributed by atoms with Crippen LogP contribution in [-0.2, 0) is 28.6 Å². The zero-order valence-corrected chi connectivity index (χ0v) is 8.84. The molecule has 0 aliphatic carbocycles. The molecule has 0 spiro atoms. The van der Waals surface area contributed by atoms with Crippen LogP contribution in [0.3, 0.4) is 0 Å². The zero-order chi connectivity index (χ0) is 10.3. The molecule has 1 aromatic rings. The summed E-state index contributed by atoms with van der Waals surface area (Å²) in [6.45, 7) is 2.59. The van der Waals surface area contributed by atoms with Crippen molar-refractivity contribution >= 4 is 15.7 Å². The van der Waals surface area contributed by atoms with E-state index in [4.69, 9.17) is 5.73 Å². The van der Waals surface area contributed by atoms with Crippen molar-refractivity contribution in [1.29, 1.82) is 0 Å². The van der Waals surface area contributed by atoms with Gasteiger partial charge in [0, 0.05) is 12.1 Å². The van der Waals surface area contributed by atoms with Crippen molar-refractivity contribution in [1.82, 2.24) is 9.78 Å². The van der Waals surface area contributed by atoms with Gasteiger partial charge in [0.1, 0.15) is 5.82 Å². The molecule has 1 aliphatic rings. The summed E-state index contributed by atoms with van der Waals surface area (Å²) in [6, 6.07) is 0. The van der Waals surface area contributed by atoms with Crippen LogP contribution in [0, 0.1) is 0 Å². The first kappa shape index (κ1) is 9.51. The number of sulfone groups is 1. The number of hydrogen-bond donors (Lipinski definition) is 1. The molecule has 0 fully saturated rings. The number of hydrogen-bond acceptors (Lipinski definition) is 4. The molecule has 5 nitrogen and oxygen atoms in total. The number of nitrogen functional groups attached to an aromatic ring is 1. The third kappa shape index (κ3) is 1.39. The van der Waals surface area contributed by atoms with E-state index < -0.39 is 9.84 Å². The van der Waals surface area contributed by atoms with Crippen LogP contribution in [0.25, 0.3) is 0 Å². The Hall–Kier alpha value is -1.04. The molecule has 0 amide bonds. The van der Waals surface area contributed by atoms with Crippen molar-refractivity contribution in [2.75, 3.05) is 11.5 Å². The molecule has 2 rings (SSSR count). The van der Waals surface area contributed by atoms with E-state index in [9.17, 15) is 8.42 Å². The number of rotatable bonds is 1. The monoisotopic (exact) mass is 215 g/mol. The highest BCUT2D eigenvalue weighted by Crippen LogP contribution is 2.25. The quantitative estimate of drug-likeness (QED) is 0.712. The highest BCUT2D eigenvalue weighted by Gasteiger charge is 2.27. The van der Waals surface area contributed by atoms with Crippen LogP contribution in [0.1, 0.15) is 18.2 Å². The van der Waals surface area contributed by atoms with Crippen LogP contribution < -0.4 is 5.73 Å². The first-order chi connectivity index (χ1) is 6.53. The summed E-state index contributed by atoms with van der Waals surface area (Å²) in [6.07, 6.45) is 0.503. The third-order valence-corrected chi connectivity index (χ3v) is 4.06. The smallest absolute Gasteiger partial charge is 0.156 e. The van der Waals surface area contributed by atoms with E-state index in [0.717, 1.165) is 11.3 Å². The number of aryl methyl sites for hydroxylation is 1. The normalized spacial score (nSPS) is 19.2. The highest BCUT2D eigenvalue weighted by atomic mass is 32.2. The summed E-state index contributed by atoms with van der Waals surface area (Å²) in [7, 11) is -2.93. The fraction of sp³-hybridized carbons (Fsp3) is 0.625. The Morgan fingerprint density at radius 2 is 2.29 bits per heavy atom. The average molecular weight is 215 g/mol. The van der Waals surface area contributed by atoms with Crippen LogP contribution in [0.5, 0.6) is 0 Å². The Bertz CT molecular complexity index is 461. The largest absolute Gasteiger partial charge is 0.382 e. The Morgan fingerprint density at radius 1 is 1.57 bits per heavy atom. The second-order valence-electron chi connectivity index (χ2n) is 3.47. The number of fused-ring (bicyclic) bond motifs is 1. The third-order valence-electron chi connectivity index (χ3n) is 2.52. The second kappa shape index (κ2) is 2.98. The molecule has 1 aliphatic heterocycles. The zero-order valence-electron chi connectivity index (χ0n) is 8.02. The van der Waals surface area contributed by atoms with E-state index >= 15 is 0 Å². The van der Waals surface area contributed by atoms with Gasteiger partial charge in [-0.05, 0) is 13.3 Å². The van der Waals surface area contributed by atoms with Crippen LogP contribution in [-0.4, -0.2) is 24.0 Å². The summed E-state index contributed by atoms with van der Waals surface area (Å²) >= 11 is 0. The molecule has 2 heterocycles. The topological polar surface area (TPSA) is 78.0 Å². The van der Waals surface area contributed by atoms with E-state index in [1.54, 1.807) is 4.68 Å². The number of anilines is 1. The lowest BCUT2D eigenvalue weighted by Gasteiger charge is -2.13. The van der Waals surface area contributed by atoms with Gasteiger partial charge in [0.05, 0.1) is 17.2 Å². The van der Waals surface area contributed by atoms with E-state index in [1.807, 2.05) is 6.92 Å². The molecule has 14 heavy (non-hydrogen) atoms. The molecular formula is C8H13N3O2S. The predicted octanol–water partition coefficient (Wildman–Crippen LogP) is -0.0439. The van der Waals surface area contributed by atoms with Crippen LogP contribution in [0.4, 0.5) is 5.82 Å². The highest BCUT2D eigenvalue weighted by molar-refractivity contribution is 7.90. The SMILES string of the molecule is CCn1nc(N)c2c1CS(=O)(=O)CC2. The molecule has 1 aromatic heterocycles. The van der Waals surface area contributed by atoms with Gasteiger partial charge in [-0.3, -0.25) is 4.68 Å². The lowest BCUT2D eigenvalue weighted by molar-refractivity contribution is 0.581. The maximum absolute atomic E-state index is 11.4. The molecule has 0 radical (unpaired) electrons. The Morgan fingerprint density at radius 3 is 2.93 bits per heavy atom. The summed E-state index contributed by atoms with van der Waals surface area (Å²) < 4.78 is 24.5. The molecule has 2 N–H and O–H groups in total. The second-order valence-corrected chi connectivity index (χ2v) is 5.65. The molecule has 0 atom stereocenters.